The quantitative estimate of drug-likeness (QED) is 0.718. The van der Waals surface area contributed by atoms with E-state index in [0.717, 1.165) is 43.0 Å². The highest BCUT2D eigenvalue weighted by molar-refractivity contribution is 5.39. The van der Waals surface area contributed by atoms with Gasteiger partial charge in [-0.05, 0) is 43.5 Å². The van der Waals surface area contributed by atoms with Crippen LogP contribution in [0.15, 0.2) is 24.3 Å². The predicted molar refractivity (Wildman–Crippen MR) is 88.9 cm³/mol. The molecule has 3 rings (SSSR count). The minimum atomic E-state index is -0.0508. The van der Waals surface area contributed by atoms with Crippen molar-refractivity contribution < 1.29 is 9.84 Å². The molecular weight excluding hydrogens is 290 g/mol. The zero-order valence-electron chi connectivity index (χ0n) is 13.7. The van der Waals surface area contributed by atoms with Gasteiger partial charge in [-0.25, -0.2) is 4.68 Å². The molecule has 0 unspecified atom stereocenters. The molecule has 5 nitrogen and oxygen atoms in total. The summed E-state index contributed by atoms with van der Waals surface area (Å²) in [6, 6.07) is 7.96. The van der Waals surface area contributed by atoms with Crippen molar-refractivity contribution in [3.8, 4) is 11.4 Å². The fourth-order valence-electron chi connectivity index (χ4n) is 2.79. The SMILES string of the molecule is CCCCCCOc1ccc(-n2nnc(CO)c2C2CC2)cc1. The Morgan fingerprint density at radius 2 is 1.96 bits per heavy atom. The zero-order chi connectivity index (χ0) is 16.1. The maximum atomic E-state index is 9.42. The average molecular weight is 315 g/mol. The molecule has 1 aromatic carbocycles. The van der Waals surface area contributed by atoms with Crippen LogP contribution in [-0.2, 0) is 6.61 Å². The first-order valence-electron chi connectivity index (χ1n) is 8.62. The molecule has 1 heterocycles. The summed E-state index contributed by atoms with van der Waals surface area (Å²) in [5, 5.41) is 17.7. The van der Waals surface area contributed by atoms with Crippen LogP contribution in [0.2, 0.25) is 0 Å². The monoisotopic (exact) mass is 315 g/mol. The maximum absolute atomic E-state index is 9.42. The molecule has 1 aliphatic rings. The van der Waals surface area contributed by atoms with Crippen LogP contribution in [0.3, 0.4) is 0 Å². The summed E-state index contributed by atoms with van der Waals surface area (Å²) in [5.41, 5.74) is 2.72. The topological polar surface area (TPSA) is 60.2 Å². The largest absolute Gasteiger partial charge is 0.494 e. The third-order valence-corrected chi connectivity index (χ3v) is 4.24. The third kappa shape index (κ3) is 3.91. The minimum Gasteiger partial charge on any atom is -0.494 e. The summed E-state index contributed by atoms with van der Waals surface area (Å²) in [5.74, 6) is 1.38. The Morgan fingerprint density at radius 3 is 2.61 bits per heavy atom. The molecule has 1 fully saturated rings. The second kappa shape index (κ2) is 7.59. The Hall–Kier alpha value is -1.88. The molecule has 0 bridgehead atoms. The summed E-state index contributed by atoms with van der Waals surface area (Å²) < 4.78 is 7.63. The molecule has 124 valence electrons. The summed E-state index contributed by atoms with van der Waals surface area (Å²) in [6.07, 6.45) is 7.14. The fraction of sp³-hybridized carbons (Fsp3) is 0.556. The first kappa shape index (κ1) is 16.0. The molecule has 1 N–H and O–H groups in total. The zero-order valence-corrected chi connectivity index (χ0v) is 13.7. The van der Waals surface area contributed by atoms with Crippen molar-refractivity contribution in [1.82, 2.24) is 15.0 Å². The normalized spacial score (nSPS) is 14.2. The molecule has 1 aliphatic carbocycles. The van der Waals surface area contributed by atoms with Gasteiger partial charge in [0.2, 0.25) is 0 Å². The molecule has 0 amide bonds. The van der Waals surface area contributed by atoms with E-state index in [1.165, 1.54) is 19.3 Å². The smallest absolute Gasteiger partial charge is 0.119 e. The lowest BCUT2D eigenvalue weighted by Crippen LogP contribution is -2.03. The van der Waals surface area contributed by atoms with E-state index in [-0.39, 0.29) is 6.61 Å². The van der Waals surface area contributed by atoms with Crippen LogP contribution in [-0.4, -0.2) is 26.7 Å². The molecule has 0 saturated heterocycles. The molecular formula is C18H25N3O2. The molecule has 2 aromatic rings. The number of aliphatic hydroxyl groups excluding tert-OH is 1. The van der Waals surface area contributed by atoms with Gasteiger partial charge >= 0.3 is 0 Å². The van der Waals surface area contributed by atoms with Gasteiger partial charge in [0.05, 0.1) is 24.6 Å². The van der Waals surface area contributed by atoms with Gasteiger partial charge in [-0.3, -0.25) is 0 Å². The van der Waals surface area contributed by atoms with Crippen molar-refractivity contribution in [3.63, 3.8) is 0 Å². The number of hydrogen-bond donors (Lipinski definition) is 1. The van der Waals surface area contributed by atoms with E-state index in [1.807, 2.05) is 28.9 Å². The van der Waals surface area contributed by atoms with Crippen LogP contribution in [0.4, 0.5) is 0 Å². The van der Waals surface area contributed by atoms with Gasteiger partial charge < -0.3 is 9.84 Å². The highest BCUT2D eigenvalue weighted by Gasteiger charge is 2.31. The first-order chi connectivity index (χ1) is 11.3. The Labute approximate surface area is 137 Å². The molecule has 0 radical (unpaired) electrons. The fourth-order valence-corrected chi connectivity index (χ4v) is 2.79. The standard InChI is InChI=1S/C18H25N3O2/c1-2-3-4-5-12-23-16-10-8-15(9-11-16)21-18(14-6-7-14)17(13-22)19-20-21/h8-11,14,22H,2-7,12-13H2,1H3. The lowest BCUT2D eigenvalue weighted by molar-refractivity contribution is 0.275. The summed E-state index contributed by atoms with van der Waals surface area (Å²) in [6.45, 7) is 2.93. The van der Waals surface area contributed by atoms with E-state index in [4.69, 9.17) is 4.74 Å². The first-order valence-corrected chi connectivity index (χ1v) is 8.62. The van der Waals surface area contributed by atoms with Crippen molar-refractivity contribution in [2.45, 2.75) is 58.0 Å². The van der Waals surface area contributed by atoms with Crippen molar-refractivity contribution in [2.75, 3.05) is 6.61 Å². The van der Waals surface area contributed by atoms with Gasteiger partial charge in [0, 0.05) is 5.92 Å². The summed E-state index contributed by atoms with van der Waals surface area (Å²) >= 11 is 0. The Bertz CT molecular complexity index is 618. The third-order valence-electron chi connectivity index (χ3n) is 4.24. The average Bonchev–Trinajstić information content (AvgIpc) is 3.34. The predicted octanol–water partition coefficient (Wildman–Crippen LogP) is 3.60. The van der Waals surface area contributed by atoms with Gasteiger partial charge in [-0.1, -0.05) is 31.4 Å². The van der Waals surface area contributed by atoms with E-state index in [2.05, 4.69) is 17.2 Å². The Balaban J connectivity index is 1.64. The number of aliphatic hydroxyl groups is 1. The van der Waals surface area contributed by atoms with E-state index in [9.17, 15) is 5.11 Å². The number of nitrogens with zero attached hydrogens (tertiary/aromatic N) is 3. The molecule has 0 atom stereocenters. The lowest BCUT2D eigenvalue weighted by atomic mass is 10.2. The van der Waals surface area contributed by atoms with Gasteiger partial charge in [0.1, 0.15) is 11.4 Å². The van der Waals surface area contributed by atoms with Crippen LogP contribution in [0, 0.1) is 0 Å². The number of hydrogen-bond acceptors (Lipinski definition) is 4. The van der Waals surface area contributed by atoms with E-state index >= 15 is 0 Å². The van der Waals surface area contributed by atoms with Crippen molar-refractivity contribution in [3.05, 3.63) is 35.7 Å². The van der Waals surface area contributed by atoms with E-state index in [1.54, 1.807) is 0 Å². The molecule has 0 aliphatic heterocycles. The second-order valence-electron chi connectivity index (χ2n) is 6.17. The number of ether oxygens (including phenoxy) is 1. The van der Waals surface area contributed by atoms with Gasteiger partial charge in [0.15, 0.2) is 0 Å². The number of unbranched alkanes of at least 4 members (excludes halogenated alkanes) is 3. The molecule has 23 heavy (non-hydrogen) atoms. The molecule has 1 saturated carbocycles. The van der Waals surface area contributed by atoms with Crippen LogP contribution in [0.25, 0.3) is 5.69 Å². The van der Waals surface area contributed by atoms with Crippen molar-refractivity contribution in [2.24, 2.45) is 0 Å². The van der Waals surface area contributed by atoms with Crippen LogP contribution in [0.5, 0.6) is 5.75 Å². The summed E-state index contributed by atoms with van der Waals surface area (Å²) in [7, 11) is 0. The Morgan fingerprint density at radius 1 is 1.17 bits per heavy atom. The molecule has 1 aromatic heterocycles. The summed E-state index contributed by atoms with van der Waals surface area (Å²) in [4.78, 5) is 0. The Kier molecular flexibility index (Phi) is 5.28. The number of benzene rings is 1. The molecule has 0 spiro atoms. The number of aromatic nitrogens is 3. The minimum absolute atomic E-state index is 0.0508. The highest BCUT2D eigenvalue weighted by Crippen LogP contribution is 2.42. The van der Waals surface area contributed by atoms with Crippen LogP contribution in [0.1, 0.15) is 62.8 Å². The van der Waals surface area contributed by atoms with E-state index in [0.29, 0.717) is 11.6 Å². The van der Waals surface area contributed by atoms with Gasteiger partial charge in [-0.15, -0.1) is 5.10 Å². The van der Waals surface area contributed by atoms with Gasteiger partial charge in [-0.2, -0.15) is 0 Å². The highest BCUT2D eigenvalue weighted by atomic mass is 16.5. The number of rotatable bonds is 9. The van der Waals surface area contributed by atoms with Crippen molar-refractivity contribution in [1.29, 1.82) is 0 Å². The second-order valence-corrected chi connectivity index (χ2v) is 6.17. The van der Waals surface area contributed by atoms with Crippen LogP contribution < -0.4 is 4.74 Å². The van der Waals surface area contributed by atoms with Crippen molar-refractivity contribution >= 4 is 0 Å². The van der Waals surface area contributed by atoms with Crippen LogP contribution >= 0.6 is 0 Å². The maximum Gasteiger partial charge on any atom is 0.119 e. The van der Waals surface area contributed by atoms with Gasteiger partial charge in [0.25, 0.3) is 0 Å². The lowest BCUT2D eigenvalue weighted by Gasteiger charge is -2.09. The van der Waals surface area contributed by atoms with E-state index < -0.39 is 0 Å². The molecule has 5 heteroatoms.